The molecule has 2 aromatic carbocycles. The van der Waals surface area contributed by atoms with Gasteiger partial charge in [0.1, 0.15) is 29.8 Å². The average Bonchev–Trinajstić information content (AvgIpc) is 2.81. The van der Waals surface area contributed by atoms with Gasteiger partial charge < -0.3 is 29.4 Å². The highest BCUT2D eigenvalue weighted by molar-refractivity contribution is 5.64. The van der Waals surface area contributed by atoms with Crippen LogP contribution in [0.15, 0.2) is 71.4 Å². The molecule has 35 heavy (non-hydrogen) atoms. The van der Waals surface area contributed by atoms with E-state index in [-0.39, 0.29) is 30.4 Å². The number of carbonyl (C=O) groups excluding carboxylic acids is 1. The summed E-state index contributed by atoms with van der Waals surface area (Å²) in [5.41, 5.74) is 1.79. The van der Waals surface area contributed by atoms with Crippen molar-refractivity contribution in [2.45, 2.75) is 33.3 Å². The minimum Gasteiger partial charge on any atom is -0.489 e. The van der Waals surface area contributed by atoms with E-state index in [1.54, 1.807) is 57.2 Å². The summed E-state index contributed by atoms with van der Waals surface area (Å²) < 4.78 is 21.4. The molecule has 0 saturated heterocycles. The largest absolute Gasteiger partial charge is 0.513 e. The zero-order chi connectivity index (χ0) is 25.5. The van der Waals surface area contributed by atoms with Crippen molar-refractivity contribution in [2.24, 2.45) is 0 Å². The number of hydrogen-bond donors (Lipinski definition) is 2. The molecule has 1 unspecified atom stereocenters. The van der Waals surface area contributed by atoms with Crippen LogP contribution in [0.5, 0.6) is 5.75 Å². The second-order valence-electron chi connectivity index (χ2n) is 7.44. The van der Waals surface area contributed by atoms with E-state index >= 15 is 0 Å². The lowest BCUT2D eigenvalue weighted by molar-refractivity contribution is -0.384. The monoisotopic (exact) mass is 484 g/mol. The number of benzene rings is 2. The number of non-ortho nitro benzene ring substituents is 1. The molecule has 2 N–H and O–H groups in total. The molecule has 0 amide bonds. The van der Waals surface area contributed by atoms with E-state index in [4.69, 9.17) is 18.9 Å². The Morgan fingerprint density at radius 3 is 2.40 bits per heavy atom. The highest BCUT2D eigenvalue weighted by Crippen LogP contribution is 2.43. The van der Waals surface area contributed by atoms with Gasteiger partial charge in [-0.15, -0.1) is 0 Å². The van der Waals surface area contributed by atoms with Crippen molar-refractivity contribution < 1.29 is 38.6 Å². The average molecular weight is 484 g/mol. The van der Waals surface area contributed by atoms with Crippen LogP contribution in [0, 0.1) is 10.1 Å². The fraction of sp³-hybridized carbons (Fsp3) is 0.250. The summed E-state index contributed by atoms with van der Waals surface area (Å²) in [6.45, 7) is 4.99. The van der Waals surface area contributed by atoms with E-state index in [9.17, 15) is 24.8 Å². The van der Waals surface area contributed by atoms with Gasteiger partial charge in [-0.2, -0.15) is 0 Å². The minimum atomic E-state index is -1.55. The number of rotatable bonds is 8. The molecule has 2 aromatic rings. The lowest BCUT2D eigenvalue weighted by Crippen LogP contribution is -2.29. The Hall–Kier alpha value is -4.54. The molecule has 0 aromatic heterocycles. The van der Waals surface area contributed by atoms with Crippen LogP contribution in [-0.4, -0.2) is 28.9 Å². The van der Waals surface area contributed by atoms with Gasteiger partial charge in [0, 0.05) is 17.7 Å². The van der Waals surface area contributed by atoms with E-state index in [1.165, 1.54) is 12.1 Å². The number of ether oxygens (including phenoxy) is 4. The van der Waals surface area contributed by atoms with Crippen molar-refractivity contribution in [3.05, 3.63) is 92.7 Å². The zero-order valence-corrected chi connectivity index (χ0v) is 19.3. The van der Waals surface area contributed by atoms with Gasteiger partial charge in [-0.3, -0.25) is 10.1 Å². The van der Waals surface area contributed by atoms with Crippen LogP contribution in [0.1, 0.15) is 37.8 Å². The maximum absolute atomic E-state index is 12.2. The number of dihydropyridines is 1. The molecule has 1 aliphatic heterocycles. The van der Waals surface area contributed by atoms with Crippen LogP contribution < -0.4 is 10.1 Å². The number of nitrogens with zero attached hydrogens (tertiary/aromatic N) is 1. The number of nitrogens with one attached hydrogen (secondary N) is 1. The lowest BCUT2D eigenvalue weighted by atomic mass is 9.90. The molecule has 0 spiro atoms. The first-order chi connectivity index (χ1) is 16.7. The van der Waals surface area contributed by atoms with Crippen molar-refractivity contribution in [1.29, 1.82) is 0 Å². The number of carbonyl (C=O) groups is 2. The molecule has 0 bridgehead atoms. The molecule has 1 aliphatic rings. The van der Waals surface area contributed by atoms with E-state index in [0.717, 1.165) is 0 Å². The van der Waals surface area contributed by atoms with Crippen LogP contribution in [0.2, 0.25) is 0 Å². The summed E-state index contributed by atoms with van der Waals surface area (Å²) in [6, 6.07) is 12.8. The number of nitro groups is 1. The molecule has 11 heteroatoms. The van der Waals surface area contributed by atoms with Crippen LogP contribution in [0.3, 0.4) is 0 Å². The summed E-state index contributed by atoms with van der Waals surface area (Å²) in [6.07, 6.45) is -2.51. The minimum absolute atomic E-state index is 0.00174. The van der Waals surface area contributed by atoms with Gasteiger partial charge in [0.25, 0.3) is 5.69 Å². The predicted octanol–water partition coefficient (Wildman–Crippen LogP) is 5.19. The van der Waals surface area contributed by atoms with E-state index in [2.05, 4.69) is 5.32 Å². The van der Waals surface area contributed by atoms with Crippen LogP contribution in [-0.2, 0) is 20.8 Å². The zero-order valence-electron chi connectivity index (χ0n) is 19.3. The fourth-order valence-corrected chi connectivity index (χ4v) is 3.61. The third-order valence-corrected chi connectivity index (χ3v) is 5.04. The van der Waals surface area contributed by atoms with Crippen LogP contribution in [0.25, 0.3) is 0 Å². The summed E-state index contributed by atoms with van der Waals surface area (Å²) >= 11 is 0. The Labute approximate surface area is 200 Å². The summed E-state index contributed by atoms with van der Waals surface area (Å²) in [7, 11) is 0. The Morgan fingerprint density at radius 1 is 1.06 bits per heavy atom. The van der Waals surface area contributed by atoms with E-state index in [1.807, 2.05) is 0 Å². The fourth-order valence-electron chi connectivity index (χ4n) is 3.61. The number of allylic oxidation sites excluding steroid dienone is 2. The second kappa shape index (κ2) is 11.1. The summed E-state index contributed by atoms with van der Waals surface area (Å²) in [5, 5.41) is 23.4. The number of nitro benzene ring substituents is 1. The van der Waals surface area contributed by atoms with Crippen molar-refractivity contribution in [3.8, 4) is 5.75 Å². The first-order valence-corrected chi connectivity index (χ1v) is 10.6. The van der Waals surface area contributed by atoms with Crippen LogP contribution in [0.4, 0.5) is 15.3 Å². The first-order valence-electron chi connectivity index (χ1n) is 10.6. The first kappa shape index (κ1) is 25.1. The van der Waals surface area contributed by atoms with E-state index in [0.29, 0.717) is 28.3 Å². The molecule has 3 rings (SSSR count). The normalized spacial score (nSPS) is 15.2. The highest BCUT2D eigenvalue weighted by atomic mass is 16.7. The van der Waals surface area contributed by atoms with Crippen molar-refractivity contribution in [1.82, 2.24) is 5.32 Å². The summed E-state index contributed by atoms with van der Waals surface area (Å²) in [4.78, 5) is 34.2. The smallest absolute Gasteiger partial charge is 0.489 e. The van der Waals surface area contributed by atoms with Crippen molar-refractivity contribution in [3.63, 3.8) is 0 Å². The van der Waals surface area contributed by atoms with Gasteiger partial charge in [-0.1, -0.05) is 30.3 Å². The number of para-hydroxylation sites is 1. The van der Waals surface area contributed by atoms with Gasteiger partial charge in [-0.25, -0.2) is 9.59 Å². The molecule has 1 atom stereocenters. The topological polar surface area (TPSA) is 146 Å². The number of hydrogen-bond acceptors (Lipinski definition) is 9. The lowest BCUT2D eigenvalue weighted by Gasteiger charge is -2.30. The molecule has 0 aliphatic carbocycles. The highest BCUT2D eigenvalue weighted by Gasteiger charge is 2.37. The summed E-state index contributed by atoms with van der Waals surface area (Å²) in [5.74, 6) is -0.550. The Morgan fingerprint density at radius 2 is 1.74 bits per heavy atom. The molecule has 0 fully saturated rings. The predicted molar refractivity (Wildman–Crippen MR) is 122 cm³/mol. The molecular formula is C24H24N2O9. The van der Waals surface area contributed by atoms with Crippen LogP contribution >= 0.6 is 0 Å². The quantitative estimate of drug-likeness (QED) is 0.291. The third kappa shape index (κ3) is 6.08. The molecule has 0 saturated carbocycles. The van der Waals surface area contributed by atoms with Gasteiger partial charge in [0.05, 0.1) is 22.9 Å². The molecule has 1 heterocycles. The van der Waals surface area contributed by atoms with Gasteiger partial charge >= 0.3 is 12.3 Å². The second-order valence-corrected chi connectivity index (χ2v) is 7.44. The van der Waals surface area contributed by atoms with Crippen molar-refractivity contribution in [2.75, 3.05) is 6.61 Å². The number of carboxylic acid groups (broad SMARTS) is 1. The maximum atomic E-state index is 12.2. The Bertz CT molecular complexity index is 1200. The van der Waals surface area contributed by atoms with E-state index < -0.39 is 23.2 Å². The Kier molecular flexibility index (Phi) is 7.92. The van der Waals surface area contributed by atoms with Gasteiger partial charge in [0.15, 0.2) is 0 Å². The molecule has 11 nitrogen and oxygen atoms in total. The van der Waals surface area contributed by atoms with Gasteiger partial charge in [0.2, 0.25) is 0 Å². The molecule has 184 valence electrons. The SMILES string of the molecule is CCOC(=O)OC1=C(C)NC(C)=C(OC(=O)O)C1c1ccccc1OCc1cccc([N+](=O)[O-])c1. The van der Waals surface area contributed by atoms with Gasteiger partial charge in [-0.05, 0) is 32.4 Å². The maximum Gasteiger partial charge on any atom is 0.513 e. The molecular weight excluding hydrogens is 460 g/mol. The molecule has 0 radical (unpaired) electrons. The Balaban J connectivity index is 2.02. The van der Waals surface area contributed by atoms with Crippen molar-refractivity contribution >= 4 is 18.0 Å². The third-order valence-electron chi connectivity index (χ3n) is 5.04. The standard InChI is InChI=1S/C24H24N2O9/c1-4-32-24(29)35-22-15(3)25-14(2)21(34-23(27)28)20(22)18-10-5-6-11-19(18)33-13-16-8-7-9-17(12-16)26(30)31/h5-12,20,25H,4,13H2,1-3H3,(H,27,28).